The number of hydrogen-bond donors (Lipinski definition) is 2. The highest BCUT2D eigenvalue weighted by atomic mass is 16.4. The average molecular weight is 186 g/mol. The third-order valence-corrected chi connectivity index (χ3v) is 3.42. The number of rotatable bonds is 2. The molecule has 3 heteroatoms. The molecule has 76 valence electrons. The maximum absolute atomic E-state index is 10.8. The summed E-state index contributed by atoms with van der Waals surface area (Å²) in [5.74, 6) is -0.962. The first-order valence-corrected chi connectivity index (χ1v) is 4.62. The molecule has 1 rings (SSSR count). The third kappa shape index (κ3) is 1.57. The molecule has 0 bridgehead atoms. The molecule has 0 aliphatic heterocycles. The van der Waals surface area contributed by atoms with Crippen LogP contribution in [-0.4, -0.2) is 21.8 Å². The molecular weight excluding hydrogens is 168 g/mol. The molecule has 0 aromatic rings. The molecule has 2 atom stereocenters. The first-order valence-electron chi connectivity index (χ1n) is 4.62. The van der Waals surface area contributed by atoms with E-state index >= 15 is 0 Å². The second-order valence-corrected chi connectivity index (χ2v) is 5.15. The standard InChI is InChI=1S/C10H18O3/c1-9(2)6(8(11)12)5-7(9)10(3,4)13/h6-7,13H,5H2,1-4H3,(H,11,12)/t6-,7-/m0/s1. The summed E-state index contributed by atoms with van der Waals surface area (Å²) in [5, 5.41) is 18.7. The lowest BCUT2D eigenvalue weighted by molar-refractivity contribution is -0.177. The van der Waals surface area contributed by atoms with Crippen LogP contribution in [0.2, 0.25) is 0 Å². The molecule has 0 aromatic heterocycles. The number of hydrogen-bond acceptors (Lipinski definition) is 2. The predicted molar refractivity (Wildman–Crippen MR) is 49.3 cm³/mol. The summed E-state index contributed by atoms with van der Waals surface area (Å²) < 4.78 is 0. The van der Waals surface area contributed by atoms with E-state index in [0.29, 0.717) is 6.42 Å². The van der Waals surface area contributed by atoms with Crippen molar-refractivity contribution in [2.75, 3.05) is 0 Å². The van der Waals surface area contributed by atoms with E-state index in [1.807, 2.05) is 13.8 Å². The minimum absolute atomic E-state index is 0.0844. The van der Waals surface area contributed by atoms with Crippen LogP contribution in [0.5, 0.6) is 0 Å². The summed E-state index contributed by atoms with van der Waals surface area (Å²) >= 11 is 0. The SMILES string of the molecule is CC(C)(O)[C@H]1C[C@@H](C(=O)O)C1(C)C. The molecule has 0 spiro atoms. The topological polar surface area (TPSA) is 57.5 Å². The molecule has 0 heterocycles. The van der Waals surface area contributed by atoms with Crippen LogP contribution in [0.3, 0.4) is 0 Å². The van der Waals surface area contributed by atoms with Gasteiger partial charge in [-0.25, -0.2) is 0 Å². The van der Waals surface area contributed by atoms with Crippen molar-refractivity contribution >= 4 is 5.97 Å². The van der Waals surface area contributed by atoms with Crippen LogP contribution >= 0.6 is 0 Å². The summed E-state index contributed by atoms with van der Waals surface area (Å²) in [5.41, 5.74) is -1.06. The Balaban J connectivity index is 2.76. The van der Waals surface area contributed by atoms with E-state index < -0.39 is 11.6 Å². The van der Waals surface area contributed by atoms with Crippen LogP contribution in [0.4, 0.5) is 0 Å². The van der Waals surface area contributed by atoms with Gasteiger partial charge in [0.15, 0.2) is 0 Å². The highest BCUT2D eigenvalue weighted by Gasteiger charge is 2.56. The van der Waals surface area contributed by atoms with E-state index in [0.717, 1.165) is 0 Å². The molecule has 13 heavy (non-hydrogen) atoms. The number of aliphatic hydroxyl groups is 1. The van der Waals surface area contributed by atoms with Crippen LogP contribution in [0, 0.1) is 17.3 Å². The Morgan fingerprint density at radius 3 is 2.15 bits per heavy atom. The minimum atomic E-state index is -0.768. The van der Waals surface area contributed by atoms with Gasteiger partial charge >= 0.3 is 5.97 Å². The Bertz CT molecular complexity index is 225. The molecule has 0 aromatic carbocycles. The van der Waals surface area contributed by atoms with E-state index in [4.69, 9.17) is 5.11 Å². The normalized spacial score (nSPS) is 32.4. The summed E-state index contributed by atoms with van der Waals surface area (Å²) in [6.07, 6.45) is 0.589. The van der Waals surface area contributed by atoms with Gasteiger partial charge in [-0.2, -0.15) is 0 Å². The molecule has 1 aliphatic rings. The lowest BCUT2D eigenvalue weighted by Gasteiger charge is -2.54. The van der Waals surface area contributed by atoms with Crippen molar-refractivity contribution in [2.24, 2.45) is 17.3 Å². The monoisotopic (exact) mass is 186 g/mol. The predicted octanol–water partition coefficient (Wildman–Crippen LogP) is 1.50. The van der Waals surface area contributed by atoms with E-state index in [9.17, 15) is 9.90 Å². The Morgan fingerprint density at radius 2 is 1.92 bits per heavy atom. The van der Waals surface area contributed by atoms with Crippen molar-refractivity contribution in [2.45, 2.75) is 39.7 Å². The van der Waals surface area contributed by atoms with Crippen molar-refractivity contribution in [1.82, 2.24) is 0 Å². The number of aliphatic carboxylic acids is 1. The zero-order chi connectivity index (χ0) is 10.4. The molecule has 1 saturated carbocycles. The molecule has 0 radical (unpaired) electrons. The summed E-state index contributed by atoms with van der Waals surface area (Å²) in [4.78, 5) is 10.8. The summed E-state index contributed by atoms with van der Waals surface area (Å²) in [6, 6.07) is 0. The van der Waals surface area contributed by atoms with Gasteiger partial charge in [0.05, 0.1) is 11.5 Å². The second-order valence-electron chi connectivity index (χ2n) is 5.15. The number of carboxylic acids is 1. The fraction of sp³-hybridized carbons (Fsp3) is 0.900. The van der Waals surface area contributed by atoms with Crippen LogP contribution in [0.1, 0.15) is 34.1 Å². The third-order valence-electron chi connectivity index (χ3n) is 3.42. The molecular formula is C10H18O3. The van der Waals surface area contributed by atoms with Gasteiger partial charge in [0.25, 0.3) is 0 Å². The van der Waals surface area contributed by atoms with E-state index in [2.05, 4.69) is 0 Å². The molecule has 1 aliphatic carbocycles. The van der Waals surface area contributed by atoms with Crippen molar-refractivity contribution < 1.29 is 15.0 Å². The maximum atomic E-state index is 10.8. The second kappa shape index (κ2) is 2.71. The van der Waals surface area contributed by atoms with E-state index in [1.165, 1.54) is 0 Å². The zero-order valence-corrected chi connectivity index (χ0v) is 8.66. The zero-order valence-electron chi connectivity index (χ0n) is 8.66. The van der Waals surface area contributed by atoms with Crippen molar-refractivity contribution in [1.29, 1.82) is 0 Å². The van der Waals surface area contributed by atoms with Crippen molar-refractivity contribution in [3.8, 4) is 0 Å². The highest BCUT2D eigenvalue weighted by molar-refractivity contribution is 5.72. The Kier molecular flexibility index (Phi) is 2.19. The number of carbonyl (C=O) groups is 1. The van der Waals surface area contributed by atoms with Gasteiger partial charge in [0.1, 0.15) is 0 Å². The Labute approximate surface area is 78.8 Å². The molecule has 0 amide bonds. The van der Waals surface area contributed by atoms with Gasteiger partial charge in [-0.1, -0.05) is 13.8 Å². The summed E-state index contributed by atoms with van der Waals surface area (Å²) in [7, 11) is 0. The fourth-order valence-corrected chi connectivity index (χ4v) is 2.54. The fourth-order valence-electron chi connectivity index (χ4n) is 2.54. The maximum Gasteiger partial charge on any atom is 0.307 e. The molecule has 0 unspecified atom stereocenters. The minimum Gasteiger partial charge on any atom is -0.481 e. The molecule has 1 fully saturated rings. The van der Waals surface area contributed by atoms with Gasteiger partial charge in [-0.3, -0.25) is 4.79 Å². The van der Waals surface area contributed by atoms with Crippen LogP contribution in [-0.2, 0) is 4.79 Å². The average Bonchev–Trinajstić information content (AvgIpc) is 1.80. The quantitative estimate of drug-likeness (QED) is 0.687. The van der Waals surface area contributed by atoms with Gasteiger partial charge in [0, 0.05) is 0 Å². The Morgan fingerprint density at radius 1 is 1.46 bits per heavy atom. The van der Waals surface area contributed by atoms with Gasteiger partial charge in [-0.15, -0.1) is 0 Å². The number of carboxylic acid groups (broad SMARTS) is 1. The lowest BCUT2D eigenvalue weighted by Crippen LogP contribution is -2.56. The Hall–Kier alpha value is -0.570. The van der Waals surface area contributed by atoms with Crippen molar-refractivity contribution in [3.05, 3.63) is 0 Å². The van der Waals surface area contributed by atoms with Gasteiger partial charge < -0.3 is 10.2 Å². The van der Waals surface area contributed by atoms with Gasteiger partial charge in [-0.05, 0) is 31.6 Å². The molecule has 2 N–H and O–H groups in total. The highest BCUT2D eigenvalue weighted by Crippen LogP contribution is 2.55. The lowest BCUT2D eigenvalue weighted by atomic mass is 9.50. The van der Waals surface area contributed by atoms with Crippen molar-refractivity contribution in [3.63, 3.8) is 0 Å². The van der Waals surface area contributed by atoms with E-state index in [-0.39, 0.29) is 17.3 Å². The first-order chi connectivity index (χ1) is 5.67. The first kappa shape index (κ1) is 10.5. The van der Waals surface area contributed by atoms with Crippen LogP contribution < -0.4 is 0 Å². The van der Waals surface area contributed by atoms with Gasteiger partial charge in [0.2, 0.25) is 0 Å². The molecule has 0 saturated heterocycles. The summed E-state index contributed by atoms with van der Waals surface area (Å²) in [6.45, 7) is 7.32. The molecule has 3 nitrogen and oxygen atoms in total. The largest absolute Gasteiger partial charge is 0.481 e. The van der Waals surface area contributed by atoms with Crippen LogP contribution in [0.15, 0.2) is 0 Å². The van der Waals surface area contributed by atoms with E-state index in [1.54, 1.807) is 13.8 Å². The smallest absolute Gasteiger partial charge is 0.307 e. The van der Waals surface area contributed by atoms with Crippen LogP contribution in [0.25, 0.3) is 0 Å².